The molecular formula is C28H33F3N2O3. The van der Waals surface area contributed by atoms with Gasteiger partial charge in [0.2, 0.25) is 5.91 Å². The quantitative estimate of drug-likeness (QED) is 0.499. The van der Waals surface area contributed by atoms with Crippen LogP contribution in [-0.4, -0.2) is 36.1 Å². The second-order valence-corrected chi connectivity index (χ2v) is 10.1. The summed E-state index contributed by atoms with van der Waals surface area (Å²) >= 11 is 0. The van der Waals surface area contributed by atoms with Crippen molar-refractivity contribution >= 4 is 17.6 Å². The van der Waals surface area contributed by atoms with Crippen LogP contribution in [0.1, 0.15) is 65.6 Å². The standard InChI is InChI=1S/C28H33F3N2O3/c1-18-5-12-24(27(35)36)21(17-18)7-6-19-3-2-4-25(19)32-26(34)20-13-15-33(16-14-20)23-10-8-22(9-11-23)28(29,30)31/h5,8-12,17,19-20,25H,2-4,6-7,13-16H2,1H3,(H,32,34)(H,35,36)/t19-,25-/m0/s1. The van der Waals surface area contributed by atoms with Gasteiger partial charge in [-0.1, -0.05) is 24.1 Å². The first-order valence-electron chi connectivity index (χ1n) is 12.7. The fourth-order valence-electron chi connectivity index (χ4n) is 5.61. The maximum atomic E-state index is 13.0. The average Bonchev–Trinajstić information content (AvgIpc) is 3.29. The molecule has 1 aliphatic heterocycles. The molecule has 194 valence electrons. The number of aryl methyl sites for hydroxylation is 2. The molecule has 0 unspecified atom stereocenters. The van der Waals surface area contributed by atoms with Crippen molar-refractivity contribution in [1.29, 1.82) is 0 Å². The topological polar surface area (TPSA) is 69.6 Å². The molecule has 2 N–H and O–H groups in total. The minimum atomic E-state index is -4.35. The number of nitrogens with one attached hydrogen (secondary N) is 1. The second-order valence-electron chi connectivity index (χ2n) is 10.1. The Morgan fingerprint density at radius 2 is 1.72 bits per heavy atom. The number of benzene rings is 2. The van der Waals surface area contributed by atoms with Crippen LogP contribution in [0.3, 0.4) is 0 Å². The molecule has 2 atom stereocenters. The van der Waals surface area contributed by atoms with E-state index >= 15 is 0 Å². The summed E-state index contributed by atoms with van der Waals surface area (Å²) in [5.74, 6) is -0.639. The summed E-state index contributed by atoms with van der Waals surface area (Å²) in [7, 11) is 0. The van der Waals surface area contributed by atoms with Crippen LogP contribution in [0.25, 0.3) is 0 Å². The molecule has 1 saturated heterocycles. The Labute approximate surface area is 209 Å². The second kappa shape index (κ2) is 10.9. The normalized spacial score (nSPS) is 20.9. The van der Waals surface area contributed by atoms with Gasteiger partial charge < -0.3 is 15.3 Å². The molecule has 8 heteroatoms. The van der Waals surface area contributed by atoms with Crippen LogP contribution in [0.15, 0.2) is 42.5 Å². The molecular weight excluding hydrogens is 469 g/mol. The van der Waals surface area contributed by atoms with E-state index in [4.69, 9.17) is 0 Å². The summed E-state index contributed by atoms with van der Waals surface area (Å²) in [6.45, 7) is 3.21. The van der Waals surface area contributed by atoms with E-state index in [0.29, 0.717) is 43.8 Å². The van der Waals surface area contributed by atoms with Gasteiger partial charge in [0.25, 0.3) is 0 Å². The number of rotatable bonds is 7. The number of aromatic carboxylic acids is 1. The summed E-state index contributed by atoms with van der Waals surface area (Å²) in [6.07, 6.45) is 1.48. The van der Waals surface area contributed by atoms with Gasteiger partial charge in [-0.15, -0.1) is 0 Å². The van der Waals surface area contributed by atoms with E-state index in [9.17, 15) is 27.9 Å². The van der Waals surface area contributed by atoms with Crippen LogP contribution in [-0.2, 0) is 17.4 Å². The molecule has 2 aliphatic rings. The number of nitrogens with zero attached hydrogens (tertiary/aromatic N) is 1. The van der Waals surface area contributed by atoms with E-state index < -0.39 is 17.7 Å². The van der Waals surface area contributed by atoms with Crippen molar-refractivity contribution in [3.8, 4) is 0 Å². The Balaban J connectivity index is 1.28. The summed E-state index contributed by atoms with van der Waals surface area (Å²) in [5, 5.41) is 12.8. The fraction of sp³-hybridized carbons (Fsp3) is 0.500. The highest BCUT2D eigenvalue weighted by Crippen LogP contribution is 2.33. The number of amides is 1. The molecule has 0 radical (unpaired) electrons. The predicted octanol–water partition coefficient (Wildman–Crippen LogP) is 5.85. The van der Waals surface area contributed by atoms with Crippen LogP contribution < -0.4 is 10.2 Å². The molecule has 2 aromatic rings. The van der Waals surface area contributed by atoms with Crippen LogP contribution in [0, 0.1) is 18.8 Å². The summed E-state index contributed by atoms with van der Waals surface area (Å²) in [4.78, 5) is 26.6. The summed E-state index contributed by atoms with van der Waals surface area (Å²) < 4.78 is 38.4. The van der Waals surface area contributed by atoms with Crippen molar-refractivity contribution in [1.82, 2.24) is 5.32 Å². The summed E-state index contributed by atoms with van der Waals surface area (Å²) in [5.41, 5.74) is 2.31. The lowest BCUT2D eigenvalue weighted by atomic mass is 9.91. The number of hydrogen-bond acceptors (Lipinski definition) is 3. The third-order valence-corrected chi connectivity index (χ3v) is 7.69. The van der Waals surface area contributed by atoms with Crippen LogP contribution >= 0.6 is 0 Å². The Morgan fingerprint density at radius 1 is 1.03 bits per heavy atom. The highest BCUT2D eigenvalue weighted by Gasteiger charge is 2.33. The Morgan fingerprint density at radius 3 is 2.36 bits per heavy atom. The summed E-state index contributed by atoms with van der Waals surface area (Å²) in [6, 6.07) is 10.7. The van der Waals surface area contributed by atoms with Gasteiger partial charge in [-0.2, -0.15) is 13.2 Å². The van der Waals surface area contributed by atoms with Crippen molar-refractivity contribution in [2.45, 2.75) is 64.1 Å². The van der Waals surface area contributed by atoms with Crippen LogP contribution in [0.2, 0.25) is 0 Å². The van der Waals surface area contributed by atoms with E-state index in [2.05, 4.69) is 5.32 Å². The highest BCUT2D eigenvalue weighted by atomic mass is 19.4. The number of hydrogen-bond donors (Lipinski definition) is 2. The van der Waals surface area contributed by atoms with Crippen LogP contribution in [0.4, 0.5) is 18.9 Å². The van der Waals surface area contributed by atoms with E-state index in [1.165, 1.54) is 12.1 Å². The zero-order chi connectivity index (χ0) is 25.9. The van der Waals surface area contributed by atoms with E-state index in [0.717, 1.165) is 54.6 Å². The molecule has 36 heavy (non-hydrogen) atoms. The van der Waals surface area contributed by atoms with Crippen molar-refractivity contribution in [3.63, 3.8) is 0 Å². The molecule has 1 heterocycles. The Bertz CT molecular complexity index is 1080. The van der Waals surface area contributed by atoms with E-state index in [1.807, 2.05) is 24.0 Å². The number of anilines is 1. The van der Waals surface area contributed by atoms with Crippen molar-refractivity contribution in [3.05, 3.63) is 64.7 Å². The third kappa shape index (κ3) is 6.20. The van der Waals surface area contributed by atoms with Crippen molar-refractivity contribution < 1.29 is 27.9 Å². The Hall–Kier alpha value is -3.03. The largest absolute Gasteiger partial charge is 0.478 e. The number of carbonyl (C=O) groups is 2. The predicted molar refractivity (Wildman–Crippen MR) is 132 cm³/mol. The molecule has 2 fully saturated rings. The van der Waals surface area contributed by atoms with Crippen LogP contribution in [0.5, 0.6) is 0 Å². The SMILES string of the molecule is Cc1ccc(C(=O)O)c(CC[C@@H]2CCC[C@@H]2NC(=O)C2CCN(c3ccc(C(F)(F)F)cc3)CC2)c1. The van der Waals surface area contributed by atoms with Crippen molar-refractivity contribution in [2.75, 3.05) is 18.0 Å². The van der Waals surface area contributed by atoms with E-state index in [-0.39, 0.29) is 17.9 Å². The minimum absolute atomic E-state index is 0.0562. The molecule has 0 spiro atoms. The molecule has 1 amide bonds. The Kier molecular flexibility index (Phi) is 7.91. The molecule has 1 aliphatic carbocycles. The highest BCUT2D eigenvalue weighted by molar-refractivity contribution is 5.89. The molecule has 1 saturated carbocycles. The maximum Gasteiger partial charge on any atom is 0.416 e. The zero-order valence-corrected chi connectivity index (χ0v) is 20.5. The number of carbonyl (C=O) groups excluding carboxylic acids is 1. The van der Waals surface area contributed by atoms with E-state index in [1.54, 1.807) is 6.07 Å². The van der Waals surface area contributed by atoms with Gasteiger partial charge in [-0.25, -0.2) is 4.79 Å². The first kappa shape index (κ1) is 26.0. The minimum Gasteiger partial charge on any atom is -0.478 e. The fourth-order valence-corrected chi connectivity index (χ4v) is 5.61. The monoisotopic (exact) mass is 502 g/mol. The number of carboxylic acids is 1. The first-order chi connectivity index (χ1) is 17.1. The van der Waals surface area contributed by atoms with Gasteiger partial charge in [0, 0.05) is 30.7 Å². The number of alkyl halides is 3. The van der Waals surface area contributed by atoms with Gasteiger partial charge >= 0.3 is 12.1 Å². The number of piperidine rings is 1. The first-order valence-corrected chi connectivity index (χ1v) is 12.7. The molecule has 0 aromatic heterocycles. The lowest BCUT2D eigenvalue weighted by molar-refractivity contribution is -0.137. The maximum absolute atomic E-state index is 13.0. The average molecular weight is 503 g/mol. The third-order valence-electron chi connectivity index (χ3n) is 7.69. The van der Waals surface area contributed by atoms with Gasteiger partial charge in [0.05, 0.1) is 11.1 Å². The zero-order valence-electron chi connectivity index (χ0n) is 20.5. The molecule has 0 bridgehead atoms. The van der Waals surface area contributed by atoms with Gasteiger partial charge in [0.1, 0.15) is 0 Å². The molecule has 5 nitrogen and oxygen atoms in total. The van der Waals surface area contributed by atoms with Gasteiger partial charge in [-0.05, 0) is 87.3 Å². The number of halogens is 3. The van der Waals surface area contributed by atoms with Crippen molar-refractivity contribution in [2.24, 2.45) is 11.8 Å². The molecule has 2 aromatic carbocycles. The smallest absolute Gasteiger partial charge is 0.416 e. The lowest BCUT2D eigenvalue weighted by Gasteiger charge is -2.34. The number of carboxylic acid groups (broad SMARTS) is 1. The molecule has 4 rings (SSSR count). The van der Waals surface area contributed by atoms with Gasteiger partial charge in [0.15, 0.2) is 0 Å². The lowest BCUT2D eigenvalue weighted by Crippen LogP contribution is -2.45. The van der Waals surface area contributed by atoms with Gasteiger partial charge in [-0.3, -0.25) is 4.79 Å².